The van der Waals surface area contributed by atoms with Crippen LogP contribution in [0.5, 0.6) is 0 Å². The van der Waals surface area contributed by atoms with E-state index in [0.29, 0.717) is 19.5 Å². The van der Waals surface area contributed by atoms with Crippen LogP contribution in [0.3, 0.4) is 0 Å². The van der Waals surface area contributed by atoms with Crippen molar-refractivity contribution in [1.82, 2.24) is 9.80 Å². The lowest BCUT2D eigenvalue weighted by Crippen LogP contribution is -2.48. The van der Waals surface area contributed by atoms with Crippen LogP contribution >= 0.6 is 0 Å². The summed E-state index contributed by atoms with van der Waals surface area (Å²) >= 11 is 0. The number of carbonyl (C=O) groups is 1. The molecule has 1 heterocycles. The molecule has 0 radical (unpaired) electrons. The van der Waals surface area contributed by atoms with E-state index >= 15 is 0 Å². The summed E-state index contributed by atoms with van der Waals surface area (Å²) in [6, 6.07) is 1.38. The van der Waals surface area contributed by atoms with E-state index in [1.165, 1.54) is 0 Å². The Kier molecular flexibility index (Phi) is 7.67. The van der Waals surface area contributed by atoms with Crippen molar-refractivity contribution in [2.75, 3.05) is 45.9 Å². The third-order valence-electron chi connectivity index (χ3n) is 3.25. The van der Waals surface area contributed by atoms with E-state index in [9.17, 15) is 4.79 Å². The van der Waals surface area contributed by atoms with Crippen molar-refractivity contribution >= 4 is 5.91 Å². The Morgan fingerprint density at radius 2 is 2.15 bits per heavy atom. The predicted octanol–water partition coefficient (Wildman–Crippen LogP) is -0.589. The minimum atomic E-state index is -0.677. The van der Waals surface area contributed by atoms with Crippen LogP contribution in [-0.2, 0) is 9.53 Å². The molecule has 1 atom stereocenters. The van der Waals surface area contributed by atoms with E-state index in [4.69, 9.17) is 22.2 Å². The number of hydrogen-bond acceptors (Lipinski definition) is 5. The van der Waals surface area contributed by atoms with E-state index < -0.39 is 6.04 Å². The molecule has 0 saturated carbocycles. The smallest absolute Gasteiger partial charge is 0.240 e. The zero-order valence-corrected chi connectivity index (χ0v) is 11.8. The number of nitrogens with two attached hydrogens (primary N) is 1. The number of carbonyl (C=O) groups excluding carboxylic acids is 1. The monoisotopic (exact) mass is 278 g/mol. The second-order valence-corrected chi connectivity index (χ2v) is 4.70. The molecule has 110 valence electrons. The average molecular weight is 278 g/mol. The van der Waals surface area contributed by atoms with Gasteiger partial charge in [0.1, 0.15) is 0 Å². The molecule has 0 bridgehead atoms. The Labute approximate surface area is 120 Å². The third-order valence-corrected chi connectivity index (χ3v) is 3.25. The fraction of sp³-hybridized carbons (Fsp3) is 0.714. The highest BCUT2D eigenvalue weighted by molar-refractivity contribution is 5.82. The molecule has 1 rings (SSSR count). The lowest BCUT2D eigenvalue weighted by Gasteiger charge is -2.30. The van der Waals surface area contributed by atoms with E-state index in [1.807, 2.05) is 0 Å². The van der Waals surface area contributed by atoms with Gasteiger partial charge in [0.25, 0.3) is 0 Å². The molecule has 1 aliphatic heterocycles. The van der Waals surface area contributed by atoms with Crippen molar-refractivity contribution in [1.29, 1.82) is 5.26 Å². The van der Waals surface area contributed by atoms with Crippen molar-refractivity contribution in [3.8, 4) is 18.4 Å². The lowest BCUT2D eigenvalue weighted by atomic mass is 10.2. The summed E-state index contributed by atoms with van der Waals surface area (Å²) in [5.74, 6) is 2.23. The first kappa shape index (κ1) is 16.5. The summed E-state index contributed by atoms with van der Waals surface area (Å²) in [5, 5.41) is 8.68. The molecule has 1 amide bonds. The van der Waals surface area contributed by atoms with Crippen molar-refractivity contribution < 1.29 is 9.53 Å². The van der Waals surface area contributed by atoms with Crippen LogP contribution in [-0.4, -0.2) is 67.7 Å². The second-order valence-electron chi connectivity index (χ2n) is 4.70. The Morgan fingerprint density at radius 3 is 2.75 bits per heavy atom. The second kappa shape index (κ2) is 9.33. The van der Waals surface area contributed by atoms with Crippen LogP contribution in [0.15, 0.2) is 0 Å². The van der Waals surface area contributed by atoms with Gasteiger partial charge in [-0.25, -0.2) is 0 Å². The molecule has 1 unspecified atom stereocenters. The van der Waals surface area contributed by atoms with E-state index in [-0.39, 0.29) is 12.3 Å². The van der Waals surface area contributed by atoms with E-state index in [2.05, 4.69) is 16.9 Å². The standard InChI is InChI=1S/C14H22N4O2/c1-2-4-13(16)14(19)18(6-3-5-15)8-7-17-9-11-20-12-10-17/h1,13H,3-4,6-12,16H2. The molecular weight excluding hydrogens is 256 g/mol. The number of nitriles is 1. The van der Waals surface area contributed by atoms with Crippen molar-refractivity contribution in [2.24, 2.45) is 5.73 Å². The van der Waals surface area contributed by atoms with Crippen molar-refractivity contribution in [3.63, 3.8) is 0 Å². The molecular formula is C14H22N4O2. The van der Waals surface area contributed by atoms with Crippen LogP contribution < -0.4 is 5.73 Å². The van der Waals surface area contributed by atoms with Gasteiger partial charge in [-0.2, -0.15) is 5.26 Å². The normalized spacial score (nSPS) is 16.9. The van der Waals surface area contributed by atoms with Gasteiger partial charge in [0.2, 0.25) is 5.91 Å². The fourth-order valence-electron chi connectivity index (χ4n) is 2.05. The van der Waals surface area contributed by atoms with Crippen molar-refractivity contribution in [3.05, 3.63) is 0 Å². The maximum Gasteiger partial charge on any atom is 0.240 e. The van der Waals surface area contributed by atoms with Crippen molar-refractivity contribution in [2.45, 2.75) is 18.9 Å². The first-order chi connectivity index (χ1) is 9.69. The van der Waals surface area contributed by atoms with Crippen LogP contribution in [0.4, 0.5) is 0 Å². The SMILES string of the molecule is C#CCC(N)C(=O)N(CCC#N)CCN1CCOCC1. The Morgan fingerprint density at radius 1 is 1.45 bits per heavy atom. The Bertz CT molecular complexity index is 380. The molecule has 6 nitrogen and oxygen atoms in total. The van der Waals surface area contributed by atoms with Gasteiger partial charge in [-0.05, 0) is 0 Å². The molecule has 1 aliphatic rings. The number of nitrogens with zero attached hydrogens (tertiary/aromatic N) is 3. The Balaban J connectivity index is 2.48. The average Bonchev–Trinajstić information content (AvgIpc) is 2.48. The summed E-state index contributed by atoms with van der Waals surface area (Å²) in [5.41, 5.74) is 5.76. The van der Waals surface area contributed by atoms with Gasteiger partial charge >= 0.3 is 0 Å². The molecule has 2 N–H and O–H groups in total. The fourth-order valence-corrected chi connectivity index (χ4v) is 2.05. The highest BCUT2D eigenvalue weighted by atomic mass is 16.5. The number of morpholine rings is 1. The van der Waals surface area contributed by atoms with Gasteiger partial charge in [-0.1, -0.05) is 0 Å². The maximum absolute atomic E-state index is 12.2. The number of rotatable bonds is 7. The molecule has 0 aliphatic carbocycles. The summed E-state index contributed by atoms with van der Waals surface area (Å²) in [6.45, 7) is 4.93. The molecule has 6 heteroatoms. The van der Waals surface area contributed by atoms with Crippen LogP contribution in [0.1, 0.15) is 12.8 Å². The third kappa shape index (κ3) is 5.58. The highest BCUT2D eigenvalue weighted by Gasteiger charge is 2.21. The summed E-state index contributed by atoms with van der Waals surface area (Å²) in [6.07, 6.45) is 5.71. The molecule has 0 aromatic carbocycles. The quantitative estimate of drug-likeness (QED) is 0.630. The molecule has 0 aromatic heterocycles. The van der Waals surface area contributed by atoms with Gasteiger partial charge in [0, 0.05) is 39.1 Å². The number of terminal acetylenes is 1. The van der Waals surface area contributed by atoms with E-state index in [1.54, 1.807) is 4.90 Å². The first-order valence-corrected chi connectivity index (χ1v) is 6.84. The van der Waals surface area contributed by atoms with E-state index in [0.717, 1.165) is 32.8 Å². The maximum atomic E-state index is 12.2. The number of ether oxygens (including phenoxy) is 1. The Hall–Kier alpha value is -1.60. The van der Waals surface area contributed by atoms with Gasteiger partial charge < -0.3 is 15.4 Å². The molecule has 0 spiro atoms. The zero-order chi connectivity index (χ0) is 14.8. The molecule has 0 aromatic rings. The minimum absolute atomic E-state index is 0.175. The zero-order valence-electron chi connectivity index (χ0n) is 11.8. The molecule has 1 fully saturated rings. The number of amides is 1. The molecule has 20 heavy (non-hydrogen) atoms. The lowest BCUT2D eigenvalue weighted by molar-refractivity contribution is -0.132. The highest BCUT2D eigenvalue weighted by Crippen LogP contribution is 2.02. The van der Waals surface area contributed by atoms with Gasteiger partial charge in [0.05, 0.1) is 31.7 Å². The van der Waals surface area contributed by atoms with Gasteiger partial charge in [-0.3, -0.25) is 9.69 Å². The van der Waals surface area contributed by atoms with Crippen LogP contribution in [0.2, 0.25) is 0 Å². The first-order valence-electron chi connectivity index (χ1n) is 6.84. The van der Waals surface area contributed by atoms with Gasteiger partial charge in [0.15, 0.2) is 0 Å². The number of hydrogen-bond donors (Lipinski definition) is 1. The largest absolute Gasteiger partial charge is 0.379 e. The van der Waals surface area contributed by atoms with Crippen LogP contribution in [0.25, 0.3) is 0 Å². The predicted molar refractivity (Wildman–Crippen MR) is 75.5 cm³/mol. The van der Waals surface area contributed by atoms with Crippen LogP contribution in [0, 0.1) is 23.7 Å². The minimum Gasteiger partial charge on any atom is -0.379 e. The summed E-state index contributed by atoms with van der Waals surface area (Å²) in [7, 11) is 0. The summed E-state index contributed by atoms with van der Waals surface area (Å²) < 4.78 is 5.28. The summed E-state index contributed by atoms with van der Waals surface area (Å²) in [4.78, 5) is 16.0. The molecule has 1 saturated heterocycles. The topological polar surface area (TPSA) is 82.6 Å². The van der Waals surface area contributed by atoms with Gasteiger partial charge in [-0.15, -0.1) is 12.3 Å².